The molecule has 0 saturated carbocycles. The SMILES string of the molecule is O=C(O)C1=CO[C@@H](O[C@H]2O[C@H](CO)[C@@H](O)[C@@H](O)[C@H]2O)[C@@H]2C(CO)=CC(O)[C@H]12. The molecule has 0 bridgehead atoms. The number of aliphatic hydroxyl groups is 6. The average Bonchev–Trinajstić information content (AvgIpc) is 2.99. The number of hydrogen-bond acceptors (Lipinski definition) is 10. The summed E-state index contributed by atoms with van der Waals surface area (Å²) in [4.78, 5) is 11.4. The third-order valence-corrected chi connectivity index (χ3v) is 5.10. The van der Waals surface area contributed by atoms with Crippen molar-refractivity contribution in [2.75, 3.05) is 13.2 Å². The van der Waals surface area contributed by atoms with Crippen LogP contribution in [0.25, 0.3) is 0 Å². The van der Waals surface area contributed by atoms with E-state index in [1.165, 1.54) is 6.08 Å². The van der Waals surface area contributed by atoms with Crippen molar-refractivity contribution in [3.8, 4) is 0 Å². The van der Waals surface area contributed by atoms with Gasteiger partial charge in [0.05, 0.1) is 37.1 Å². The summed E-state index contributed by atoms with van der Waals surface area (Å²) in [7, 11) is 0. The maximum Gasteiger partial charge on any atom is 0.335 e. The van der Waals surface area contributed by atoms with Gasteiger partial charge < -0.3 is 50.0 Å². The van der Waals surface area contributed by atoms with Crippen molar-refractivity contribution in [3.63, 3.8) is 0 Å². The van der Waals surface area contributed by atoms with Crippen LogP contribution < -0.4 is 0 Å². The summed E-state index contributed by atoms with van der Waals surface area (Å²) in [6.45, 7) is -1.13. The number of aliphatic hydroxyl groups excluding tert-OH is 6. The van der Waals surface area contributed by atoms with Gasteiger partial charge >= 0.3 is 5.97 Å². The van der Waals surface area contributed by atoms with Gasteiger partial charge in [0.25, 0.3) is 0 Å². The fourth-order valence-electron chi connectivity index (χ4n) is 3.68. The molecule has 9 atom stereocenters. The van der Waals surface area contributed by atoms with Crippen LogP contribution in [-0.2, 0) is 19.0 Å². The fourth-order valence-corrected chi connectivity index (χ4v) is 3.68. The van der Waals surface area contributed by atoms with Crippen molar-refractivity contribution in [2.24, 2.45) is 11.8 Å². The minimum absolute atomic E-state index is 0.208. The largest absolute Gasteiger partial charge is 0.478 e. The monoisotopic (exact) mass is 390 g/mol. The number of hydrogen-bond donors (Lipinski definition) is 7. The van der Waals surface area contributed by atoms with Crippen molar-refractivity contribution < 1.29 is 54.8 Å². The van der Waals surface area contributed by atoms with Gasteiger partial charge in [-0.1, -0.05) is 6.08 Å². The number of fused-ring (bicyclic) bond motifs is 1. The molecule has 27 heavy (non-hydrogen) atoms. The number of aliphatic carboxylic acids is 1. The Hall–Kier alpha value is -1.57. The molecule has 1 fully saturated rings. The van der Waals surface area contributed by atoms with Crippen LogP contribution in [-0.4, -0.2) is 98.0 Å². The molecule has 1 aliphatic carbocycles. The second-order valence-electron chi connectivity index (χ2n) is 6.66. The average molecular weight is 390 g/mol. The smallest absolute Gasteiger partial charge is 0.335 e. The molecule has 0 radical (unpaired) electrons. The molecule has 0 spiro atoms. The number of carboxylic acid groups (broad SMARTS) is 1. The Morgan fingerprint density at radius 2 is 1.74 bits per heavy atom. The van der Waals surface area contributed by atoms with Crippen LogP contribution in [0.5, 0.6) is 0 Å². The second-order valence-corrected chi connectivity index (χ2v) is 6.66. The van der Waals surface area contributed by atoms with Gasteiger partial charge in [0.1, 0.15) is 24.4 Å². The van der Waals surface area contributed by atoms with E-state index in [9.17, 15) is 40.5 Å². The highest BCUT2D eigenvalue weighted by molar-refractivity contribution is 5.87. The van der Waals surface area contributed by atoms with Gasteiger partial charge in [-0.2, -0.15) is 0 Å². The van der Waals surface area contributed by atoms with E-state index in [4.69, 9.17) is 14.2 Å². The molecule has 7 N–H and O–H groups in total. The van der Waals surface area contributed by atoms with E-state index < -0.39 is 74.1 Å². The maximum absolute atomic E-state index is 11.4. The predicted molar refractivity (Wildman–Crippen MR) is 83.6 cm³/mol. The zero-order valence-electron chi connectivity index (χ0n) is 14.0. The Morgan fingerprint density at radius 3 is 2.33 bits per heavy atom. The lowest BCUT2D eigenvalue weighted by atomic mass is 9.82. The molecule has 2 aliphatic heterocycles. The summed E-state index contributed by atoms with van der Waals surface area (Å²) < 4.78 is 16.1. The molecule has 152 valence electrons. The molecule has 0 aromatic heterocycles. The predicted octanol–water partition coefficient (Wildman–Crippen LogP) is -3.35. The van der Waals surface area contributed by atoms with Gasteiger partial charge in [-0.05, 0) is 5.57 Å². The standard InChI is InChI=1S/C16H22O11/c17-2-5-1-7(19)10-6(14(23)24)4-25-15(9(5)10)27-16-13(22)12(21)11(20)8(3-18)26-16/h1,4,7-13,15-22H,2-3H2,(H,23,24)/t7?,8-,9-,10+,11-,12-,13-,15+,16-/m1/s1. The molecular weight excluding hydrogens is 368 g/mol. The Morgan fingerprint density at radius 1 is 1.04 bits per heavy atom. The van der Waals surface area contributed by atoms with E-state index in [-0.39, 0.29) is 11.1 Å². The van der Waals surface area contributed by atoms with E-state index in [1.807, 2.05) is 0 Å². The number of carbonyl (C=O) groups is 1. The van der Waals surface area contributed by atoms with E-state index >= 15 is 0 Å². The topological polar surface area (TPSA) is 186 Å². The quantitative estimate of drug-likeness (QED) is 0.233. The zero-order chi connectivity index (χ0) is 19.9. The third-order valence-electron chi connectivity index (χ3n) is 5.10. The van der Waals surface area contributed by atoms with E-state index in [2.05, 4.69) is 0 Å². The summed E-state index contributed by atoms with van der Waals surface area (Å²) in [5.74, 6) is -3.13. The molecule has 0 aromatic rings. The zero-order valence-corrected chi connectivity index (χ0v) is 14.0. The highest BCUT2D eigenvalue weighted by Crippen LogP contribution is 2.44. The molecule has 1 saturated heterocycles. The van der Waals surface area contributed by atoms with Gasteiger partial charge in [0.15, 0.2) is 6.29 Å². The molecule has 11 heteroatoms. The van der Waals surface area contributed by atoms with E-state index in [1.54, 1.807) is 0 Å². The highest BCUT2D eigenvalue weighted by atomic mass is 16.8. The van der Waals surface area contributed by atoms with Crippen LogP contribution in [0.2, 0.25) is 0 Å². The normalized spacial score (nSPS) is 44.1. The molecule has 11 nitrogen and oxygen atoms in total. The lowest BCUT2D eigenvalue weighted by Crippen LogP contribution is -2.60. The van der Waals surface area contributed by atoms with Crippen LogP contribution in [0.15, 0.2) is 23.5 Å². The first-order valence-corrected chi connectivity index (χ1v) is 8.34. The van der Waals surface area contributed by atoms with Crippen molar-refractivity contribution in [1.29, 1.82) is 0 Å². The minimum atomic E-state index is -1.68. The van der Waals surface area contributed by atoms with Crippen molar-refractivity contribution in [2.45, 2.75) is 43.1 Å². The highest BCUT2D eigenvalue weighted by Gasteiger charge is 2.51. The molecule has 3 aliphatic rings. The summed E-state index contributed by atoms with van der Waals surface area (Å²) >= 11 is 0. The van der Waals surface area contributed by atoms with Gasteiger partial charge in [0.2, 0.25) is 6.29 Å². The first-order valence-electron chi connectivity index (χ1n) is 8.34. The van der Waals surface area contributed by atoms with Gasteiger partial charge in [-0.15, -0.1) is 0 Å². The van der Waals surface area contributed by atoms with Gasteiger partial charge in [-0.3, -0.25) is 0 Å². The Bertz CT molecular complexity index is 630. The summed E-state index contributed by atoms with van der Waals surface area (Å²) in [5, 5.41) is 68.0. The summed E-state index contributed by atoms with van der Waals surface area (Å²) in [5.41, 5.74) is 0.0785. The summed E-state index contributed by atoms with van der Waals surface area (Å²) in [6, 6.07) is 0. The van der Waals surface area contributed by atoms with Crippen molar-refractivity contribution >= 4 is 5.97 Å². The number of carboxylic acids is 1. The molecule has 0 aromatic carbocycles. The Kier molecular flexibility index (Phi) is 5.84. The Labute approximate surface area is 153 Å². The van der Waals surface area contributed by atoms with E-state index in [0.717, 1.165) is 6.26 Å². The van der Waals surface area contributed by atoms with Crippen LogP contribution >= 0.6 is 0 Å². The molecule has 0 amide bonds. The molecule has 2 heterocycles. The van der Waals surface area contributed by atoms with Crippen LogP contribution in [0.3, 0.4) is 0 Å². The van der Waals surface area contributed by atoms with Crippen LogP contribution in [0, 0.1) is 11.8 Å². The van der Waals surface area contributed by atoms with Gasteiger partial charge in [-0.25, -0.2) is 4.79 Å². The molecule has 3 rings (SSSR count). The molecular formula is C16H22O11. The maximum atomic E-state index is 11.4. The van der Waals surface area contributed by atoms with Crippen LogP contribution in [0.4, 0.5) is 0 Å². The van der Waals surface area contributed by atoms with E-state index in [0.29, 0.717) is 0 Å². The van der Waals surface area contributed by atoms with Crippen molar-refractivity contribution in [3.05, 3.63) is 23.5 Å². The van der Waals surface area contributed by atoms with Gasteiger partial charge in [0, 0.05) is 5.92 Å². The minimum Gasteiger partial charge on any atom is -0.478 e. The second kappa shape index (κ2) is 7.81. The summed E-state index contributed by atoms with van der Waals surface area (Å²) in [6.07, 6.45) is -7.83. The van der Waals surface area contributed by atoms with Crippen molar-refractivity contribution in [1.82, 2.24) is 0 Å². The lowest BCUT2D eigenvalue weighted by molar-refractivity contribution is -0.340. The third kappa shape index (κ3) is 3.48. The fraction of sp³-hybridized carbons (Fsp3) is 0.688. The molecule has 1 unspecified atom stereocenters. The first kappa shape index (κ1) is 20.2. The Balaban J connectivity index is 1.84. The lowest BCUT2D eigenvalue weighted by Gasteiger charge is -2.43. The first-order chi connectivity index (χ1) is 12.8. The van der Waals surface area contributed by atoms with Crippen LogP contribution in [0.1, 0.15) is 0 Å². The number of rotatable bonds is 5. The number of ether oxygens (including phenoxy) is 3.